The summed E-state index contributed by atoms with van der Waals surface area (Å²) in [5.74, 6) is 0. The van der Waals surface area contributed by atoms with E-state index >= 15 is 0 Å². The molecule has 0 aliphatic carbocycles. The molecule has 1 N–H and O–H groups in total. The number of hydrogen-bond donors (Lipinski definition) is 1. The monoisotopic (exact) mass is 138 g/mol. The minimum absolute atomic E-state index is 0.173. The number of aliphatic hydroxyl groups excluding tert-OH is 1. The average Bonchev–Trinajstić information content (AvgIpc) is 1.94. The van der Waals surface area contributed by atoms with E-state index in [4.69, 9.17) is 5.11 Å². The first kappa shape index (κ1) is 7.15. The third-order valence-corrected chi connectivity index (χ3v) is 1.40. The van der Waals surface area contributed by atoms with Gasteiger partial charge in [0.2, 0.25) is 0 Å². The van der Waals surface area contributed by atoms with Gasteiger partial charge in [-0.05, 0) is 25.0 Å². The SMILES string of the molecule is Cc1nnccc1CCO. The van der Waals surface area contributed by atoms with Gasteiger partial charge < -0.3 is 5.11 Å². The fourth-order valence-electron chi connectivity index (χ4n) is 0.813. The quantitative estimate of drug-likeness (QED) is 0.640. The van der Waals surface area contributed by atoms with Gasteiger partial charge in [0.05, 0.1) is 5.69 Å². The predicted molar refractivity (Wildman–Crippen MR) is 37.6 cm³/mol. The molecule has 54 valence electrons. The Morgan fingerprint density at radius 2 is 2.40 bits per heavy atom. The van der Waals surface area contributed by atoms with Crippen molar-refractivity contribution in [3.63, 3.8) is 0 Å². The summed E-state index contributed by atoms with van der Waals surface area (Å²) >= 11 is 0. The molecular weight excluding hydrogens is 128 g/mol. The maximum atomic E-state index is 8.60. The van der Waals surface area contributed by atoms with E-state index in [9.17, 15) is 0 Å². The molecule has 1 aromatic rings. The van der Waals surface area contributed by atoms with Gasteiger partial charge >= 0.3 is 0 Å². The summed E-state index contributed by atoms with van der Waals surface area (Å²) in [6, 6.07) is 1.87. The number of nitrogens with zero attached hydrogens (tertiary/aromatic N) is 2. The number of aromatic nitrogens is 2. The first-order chi connectivity index (χ1) is 4.84. The topological polar surface area (TPSA) is 46.0 Å². The molecule has 0 amide bonds. The van der Waals surface area contributed by atoms with E-state index in [0.717, 1.165) is 11.3 Å². The van der Waals surface area contributed by atoms with E-state index in [1.807, 2.05) is 13.0 Å². The lowest BCUT2D eigenvalue weighted by Gasteiger charge is -1.98. The van der Waals surface area contributed by atoms with E-state index in [0.29, 0.717) is 6.42 Å². The van der Waals surface area contributed by atoms with Gasteiger partial charge in [0.15, 0.2) is 0 Å². The Kier molecular flexibility index (Phi) is 2.34. The summed E-state index contributed by atoms with van der Waals surface area (Å²) in [7, 11) is 0. The molecular formula is C7H10N2O. The Hall–Kier alpha value is -0.960. The molecule has 0 radical (unpaired) electrons. The van der Waals surface area contributed by atoms with Crippen LogP contribution in [0.3, 0.4) is 0 Å². The number of hydrogen-bond acceptors (Lipinski definition) is 3. The smallest absolute Gasteiger partial charge is 0.0632 e. The highest BCUT2D eigenvalue weighted by Gasteiger charge is 1.95. The van der Waals surface area contributed by atoms with Crippen molar-refractivity contribution in [2.24, 2.45) is 0 Å². The number of rotatable bonds is 2. The molecule has 0 saturated carbocycles. The van der Waals surface area contributed by atoms with E-state index < -0.39 is 0 Å². The normalized spacial score (nSPS) is 9.80. The van der Waals surface area contributed by atoms with Crippen LogP contribution in [0.2, 0.25) is 0 Å². The molecule has 0 spiro atoms. The molecule has 1 aromatic heterocycles. The molecule has 0 fully saturated rings. The predicted octanol–water partition coefficient (Wildman–Crippen LogP) is 0.320. The third-order valence-electron chi connectivity index (χ3n) is 1.40. The van der Waals surface area contributed by atoms with Crippen LogP contribution in [0, 0.1) is 6.92 Å². The molecule has 0 atom stereocenters. The molecule has 0 aliphatic heterocycles. The Morgan fingerprint density at radius 1 is 1.60 bits per heavy atom. The van der Waals surface area contributed by atoms with E-state index in [1.165, 1.54) is 0 Å². The van der Waals surface area contributed by atoms with Crippen molar-refractivity contribution in [2.75, 3.05) is 6.61 Å². The molecule has 3 nitrogen and oxygen atoms in total. The Bertz CT molecular complexity index is 213. The molecule has 0 unspecified atom stereocenters. The van der Waals surface area contributed by atoms with Gasteiger partial charge in [-0.3, -0.25) is 0 Å². The van der Waals surface area contributed by atoms with Gasteiger partial charge in [-0.2, -0.15) is 10.2 Å². The first-order valence-corrected chi connectivity index (χ1v) is 3.22. The lowest BCUT2D eigenvalue weighted by molar-refractivity contribution is 0.299. The highest BCUT2D eigenvalue weighted by molar-refractivity contribution is 5.15. The van der Waals surface area contributed by atoms with Crippen LogP contribution < -0.4 is 0 Å². The average molecular weight is 138 g/mol. The standard InChI is InChI=1S/C7H10N2O/c1-6-7(3-5-10)2-4-8-9-6/h2,4,10H,3,5H2,1H3. The van der Waals surface area contributed by atoms with Gasteiger partial charge in [-0.15, -0.1) is 0 Å². The molecule has 1 rings (SSSR count). The van der Waals surface area contributed by atoms with Crippen LogP contribution in [-0.2, 0) is 6.42 Å². The zero-order chi connectivity index (χ0) is 7.40. The molecule has 10 heavy (non-hydrogen) atoms. The summed E-state index contributed by atoms with van der Waals surface area (Å²) in [4.78, 5) is 0. The largest absolute Gasteiger partial charge is 0.396 e. The molecule has 1 heterocycles. The van der Waals surface area contributed by atoms with E-state index in [2.05, 4.69) is 10.2 Å². The van der Waals surface area contributed by atoms with Crippen molar-refractivity contribution in [1.82, 2.24) is 10.2 Å². The third kappa shape index (κ3) is 1.51. The molecule has 0 aromatic carbocycles. The first-order valence-electron chi connectivity index (χ1n) is 3.22. The second-order valence-electron chi connectivity index (χ2n) is 2.12. The van der Waals surface area contributed by atoms with E-state index in [-0.39, 0.29) is 6.61 Å². The Morgan fingerprint density at radius 3 is 3.00 bits per heavy atom. The van der Waals surface area contributed by atoms with Crippen LogP contribution in [0.5, 0.6) is 0 Å². The van der Waals surface area contributed by atoms with Crippen molar-refractivity contribution in [3.8, 4) is 0 Å². The van der Waals surface area contributed by atoms with Crippen LogP contribution in [-0.4, -0.2) is 21.9 Å². The van der Waals surface area contributed by atoms with Gasteiger partial charge in [-0.1, -0.05) is 0 Å². The summed E-state index contributed by atoms with van der Waals surface area (Å²) in [6.45, 7) is 2.06. The summed E-state index contributed by atoms with van der Waals surface area (Å²) in [6.07, 6.45) is 2.30. The molecule has 0 bridgehead atoms. The van der Waals surface area contributed by atoms with Crippen molar-refractivity contribution >= 4 is 0 Å². The highest BCUT2D eigenvalue weighted by Crippen LogP contribution is 2.01. The zero-order valence-electron chi connectivity index (χ0n) is 5.91. The van der Waals surface area contributed by atoms with Gasteiger partial charge in [-0.25, -0.2) is 0 Å². The second-order valence-corrected chi connectivity index (χ2v) is 2.12. The lowest BCUT2D eigenvalue weighted by atomic mass is 10.2. The Labute approximate surface area is 59.7 Å². The summed E-state index contributed by atoms with van der Waals surface area (Å²) in [5.41, 5.74) is 1.97. The minimum atomic E-state index is 0.173. The summed E-state index contributed by atoms with van der Waals surface area (Å²) < 4.78 is 0. The fraction of sp³-hybridized carbons (Fsp3) is 0.429. The molecule has 3 heteroatoms. The van der Waals surface area contributed by atoms with Crippen LogP contribution in [0.1, 0.15) is 11.3 Å². The highest BCUT2D eigenvalue weighted by atomic mass is 16.2. The van der Waals surface area contributed by atoms with Gasteiger partial charge in [0, 0.05) is 12.8 Å². The van der Waals surface area contributed by atoms with Crippen molar-refractivity contribution in [1.29, 1.82) is 0 Å². The van der Waals surface area contributed by atoms with Gasteiger partial charge in [0.25, 0.3) is 0 Å². The van der Waals surface area contributed by atoms with Crippen LogP contribution in [0.15, 0.2) is 12.3 Å². The van der Waals surface area contributed by atoms with Crippen molar-refractivity contribution in [2.45, 2.75) is 13.3 Å². The Balaban J connectivity index is 2.81. The number of aliphatic hydroxyl groups is 1. The number of aryl methyl sites for hydroxylation is 1. The van der Waals surface area contributed by atoms with Crippen molar-refractivity contribution < 1.29 is 5.11 Å². The second kappa shape index (κ2) is 3.27. The maximum Gasteiger partial charge on any atom is 0.0632 e. The van der Waals surface area contributed by atoms with E-state index in [1.54, 1.807) is 6.20 Å². The zero-order valence-corrected chi connectivity index (χ0v) is 5.91. The molecule has 0 aliphatic rings. The lowest BCUT2D eigenvalue weighted by Crippen LogP contribution is -1.96. The van der Waals surface area contributed by atoms with Crippen LogP contribution >= 0.6 is 0 Å². The fourth-order valence-corrected chi connectivity index (χ4v) is 0.813. The van der Waals surface area contributed by atoms with Gasteiger partial charge in [0.1, 0.15) is 0 Å². The molecule has 0 saturated heterocycles. The van der Waals surface area contributed by atoms with Crippen LogP contribution in [0.4, 0.5) is 0 Å². The minimum Gasteiger partial charge on any atom is -0.396 e. The van der Waals surface area contributed by atoms with Crippen LogP contribution in [0.25, 0.3) is 0 Å². The van der Waals surface area contributed by atoms with Crippen molar-refractivity contribution in [3.05, 3.63) is 23.5 Å². The summed E-state index contributed by atoms with van der Waals surface area (Å²) in [5, 5.41) is 16.1. The maximum absolute atomic E-state index is 8.60.